The lowest BCUT2D eigenvalue weighted by atomic mass is 10.0. The van der Waals surface area contributed by atoms with Gasteiger partial charge in [-0.3, -0.25) is 5.43 Å². The van der Waals surface area contributed by atoms with Crippen LogP contribution < -0.4 is 15.9 Å². The van der Waals surface area contributed by atoms with Gasteiger partial charge in [0, 0.05) is 18.9 Å². The Morgan fingerprint density at radius 2 is 1.90 bits per heavy atom. The predicted octanol–water partition coefficient (Wildman–Crippen LogP) is 3.43. The SMILES string of the molecule is COC1NN=C(Oc2c(Cl)cc(N)cc2Cl)C=C1C(C)C. The number of benzene rings is 1. The van der Waals surface area contributed by atoms with Crippen molar-refractivity contribution < 1.29 is 9.47 Å². The molecule has 1 aromatic carbocycles. The second-order valence-corrected chi connectivity index (χ2v) is 5.72. The minimum Gasteiger partial charge on any atom is -0.434 e. The van der Waals surface area contributed by atoms with Crippen molar-refractivity contribution >= 4 is 34.8 Å². The number of nitrogens with zero attached hydrogens (tertiary/aromatic N) is 1. The van der Waals surface area contributed by atoms with Gasteiger partial charge in [-0.05, 0) is 23.6 Å². The van der Waals surface area contributed by atoms with Crippen LogP contribution in [0.15, 0.2) is 28.9 Å². The Kier molecular flexibility index (Phi) is 4.98. The van der Waals surface area contributed by atoms with Crippen LogP contribution in [0, 0.1) is 5.92 Å². The molecule has 0 fully saturated rings. The van der Waals surface area contributed by atoms with E-state index in [0.29, 0.717) is 27.4 Å². The molecule has 0 spiro atoms. The molecule has 0 aromatic heterocycles. The number of hydrogen-bond acceptors (Lipinski definition) is 5. The molecule has 1 atom stereocenters. The fraction of sp³-hybridized carbons (Fsp3) is 0.357. The number of halogens is 2. The molecule has 0 radical (unpaired) electrons. The molecule has 1 heterocycles. The first kappa shape index (κ1) is 15.9. The first-order valence-corrected chi connectivity index (χ1v) is 7.17. The Morgan fingerprint density at radius 3 is 2.43 bits per heavy atom. The lowest BCUT2D eigenvalue weighted by Gasteiger charge is -2.25. The minimum absolute atomic E-state index is 0.269. The van der Waals surface area contributed by atoms with E-state index in [2.05, 4.69) is 24.4 Å². The van der Waals surface area contributed by atoms with Gasteiger partial charge >= 0.3 is 0 Å². The molecule has 3 N–H and O–H groups in total. The van der Waals surface area contributed by atoms with Crippen LogP contribution in [-0.2, 0) is 4.74 Å². The van der Waals surface area contributed by atoms with Gasteiger partial charge in [-0.1, -0.05) is 37.0 Å². The van der Waals surface area contributed by atoms with Gasteiger partial charge in [-0.25, -0.2) is 0 Å². The molecule has 1 aromatic rings. The van der Waals surface area contributed by atoms with E-state index in [0.717, 1.165) is 5.57 Å². The second-order valence-electron chi connectivity index (χ2n) is 4.91. The van der Waals surface area contributed by atoms with E-state index in [9.17, 15) is 0 Å². The van der Waals surface area contributed by atoms with E-state index in [1.54, 1.807) is 19.2 Å². The Balaban J connectivity index is 2.27. The summed E-state index contributed by atoms with van der Waals surface area (Å²) >= 11 is 12.2. The monoisotopic (exact) mass is 329 g/mol. The maximum absolute atomic E-state index is 6.10. The molecule has 1 unspecified atom stereocenters. The lowest BCUT2D eigenvalue weighted by molar-refractivity contribution is 0.0946. The zero-order chi connectivity index (χ0) is 15.6. The van der Waals surface area contributed by atoms with Crippen molar-refractivity contribution in [2.45, 2.75) is 20.1 Å². The van der Waals surface area contributed by atoms with Crippen LogP contribution in [-0.4, -0.2) is 19.2 Å². The molecule has 21 heavy (non-hydrogen) atoms. The van der Waals surface area contributed by atoms with E-state index in [1.807, 2.05) is 6.08 Å². The zero-order valence-corrected chi connectivity index (χ0v) is 13.5. The minimum atomic E-state index is -0.269. The number of nitrogen functional groups attached to an aromatic ring is 1. The summed E-state index contributed by atoms with van der Waals surface area (Å²) in [4.78, 5) is 0. The Bertz CT molecular complexity index is 577. The van der Waals surface area contributed by atoms with E-state index in [1.165, 1.54) is 0 Å². The molecule has 0 amide bonds. The average molecular weight is 330 g/mol. The number of rotatable bonds is 3. The Labute approximate surface area is 133 Å². The number of anilines is 1. The Hall–Kier alpha value is -1.43. The molecule has 2 rings (SSSR count). The highest BCUT2D eigenvalue weighted by Gasteiger charge is 2.22. The molecule has 0 saturated carbocycles. The van der Waals surface area contributed by atoms with E-state index < -0.39 is 0 Å². The Morgan fingerprint density at radius 1 is 1.29 bits per heavy atom. The summed E-state index contributed by atoms with van der Waals surface area (Å²) in [5, 5.41) is 4.77. The van der Waals surface area contributed by atoms with Crippen LogP contribution in [0.1, 0.15) is 13.8 Å². The van der Waals surface area contributed by atoms with Gasteiger partial charge in [0.25, 0.3) is 0 Å². The molecule has 1 aliphatic rings. The summed E-state index contributed by atoms with van der Waals surface area (Å²) in [6, 6.07) is 3.15. The number of ether oxygens (including phenoxy) is 2. The second kappa shape index (κ2) is 6.56. The van der Waals surface area contributed by atoms with Gasteiger partial charge in [0.2, 0.25) is 5.90 Å². The first-order chi connectivity index (χ1) is 9.92. The van der Waals surface area contributed by atoms with Gasteiger partial charge in [0.15, 0.2) is 12.0 Å². The normalized spacial score (nSPS) is 18.1. The third-order valence-electron chi connectivity index (χ3n) is 3.01. The smallest absolute Gasteiger partial charge is 0.236 e. The highest BCUT2D eigenvalue weighted by molar-refractivity contribution is 6.37. The molecule has 5 nitrogen and oxygen atoms in total. The van der Waals surface area contributed by atoms with Crippen LogP contribution in [0.3, 0.4) is 0 Å². The van der Waals surface area contributed by atoms with Crippen molar-refractivity contribution in [3.63, 3.8) is 0 Å². The van der Waals surface area contributed by atoms with E-state index in [4.69, 9.17) is 38.4 Å². The van der Waals surface area contributed by atoms with Crippen molar-refractivity contribution in [1.29, 1.82) is 0 Å². The van der Waals surface area contributed by atoms with Crippen LogP contribution in [0.4, 0.5) is 5.69 Å². The topological polar surface area (TPSA) is 68.9 Å². The van der Waals surface area contributed by atoms with Gasteiger partial charge in [0.05, 0.1) is 10.0 Å². The summed E-state index contributed by atoms with van der Waals surface area (Å²) in [5.41, 5.74) is 10.0. The van der Waals surface area contributed by atoms with Crippen LogP contribution in [0.25, 0.3) is 0 Å². The number of hydrazone groups is 1. The summed E-state index contributed by atoms with van der Waals surface area (Å²) in [5.74, 6) is 0.956. The maximum Gasteiger partial charge on any atom is 0.236 e. The lowest BCUT2D eigenvalue weighted by Crippen LogP contribution is -2.36. The molecule has 114 valence electrons. The molecular formula is C14H17Cl2N3O2. The van der Waals surface area contributed by atoms with Gasteiger partial charge in [-0.2, -0.15) is 0 Å². The molecular weight excluding hydrogens is 313 g/mol. The van der Waals surface area contributed by atoms with Crippen LogP contribution >= 0.6 is 23.2 Å². The molecule has 7 heteroatoms. The first-order valence-electron chi connectivity index (χ1n) is 6.42. The number of nitrogens with two attached hydrogens (primary N) is 1. The third-order valence-corrected chi connectivity index (χ3v) is 3.58. The third kappa shape index (κ3) is 3.61. The fourth-order valence-electron chi connectivity index (χ4n) is 1.94. The fourth-order valence-corrected chi connectivity index (χ4v) is 2.52. The number of hydrogen-bond donors (Lipinski definition) is 2. The predicted molar refractivity (Wildman–Crippen MR) is 85.8 cm³/mol. The highest BCUT2D eigenvalue weighted by Crippen LogP contribution is 2.35. The highest BCUT2D eigenvalue weighted by atomic mass is 35.5. The van der Waals surface area contributed by atoms with Crippen molar-refractivity contribution in [3.8, 4) is 5.75 Å². The summed E-state index contributed by atoms with van der Waals surface area (Å²) in [6.45, 7) is 4.12. The summed E-state index contributed by atoms with van der Waals surface area (Å²) in [7, 11) is 1.61. The zero-order valence-electron chi connectivity index (χ0n) is 12.0. The quantitative estimate of drug-likeness (QED) is 0.833. The van der Waals surface area contributed by atoms with Crippen LogP contribution in [0.5, 0.6) is 5.75 Å². The molecule has 0 aliphatic carbocycles. The largest absolute Gasteiger partial charge is 0.434 e. The van der Waals surface area contributed by atoms with Gasteiger partial charge in [-0.15, -0.1) is 5.10 Å². The summed E-state index contributed by atoms with van der Waals surface area (Å²) < 4.78 is 11.0. The molecule has 1 aliphatic heterocycles. The van der Waals surface area contributed by atoms with Crippen LogP contribution in [0.2, 0.25) is 10.0 Å². The van der Waals surface area contributed by atoms with Gasteiger partial charge < -0.3 is 15.2 Å². The van der Waals surface area contributed by atoms with Gasteiger partial charge in [0.1, 0.15) is 0 Å². The average Bonchev–Trinajstić information content (AvgIpc) is 2.42. The van der Waals surface area contributed by atoms with Crippen molar-refractivity contribution in [3.05, 3.63) is 33.8 Å². The number of methoxy groups -OCH3 is 1. The summed E-state index contributed by atoms with van der Waals surface area (Å²) in [6.07, 6.45) is 1.55. The van der Waals surface area contributed by atoms with Crippen molar-refractivity contribution in [1.82, 2.24) is 5.43 Å². The molecule has 0 bridgehead atoms. The molecule has 0 saturated heterocycles. The standard InChI is InChI=1S/C14H17Cl2N3O2/c1-7(2)9-6-12(18-19-14(9)20-3)21-13-10(15)4-8(17)5-11(13)16/h4-7,14,19H,17H2,1-3H3. The van der Waals surface area contributed by atoms with E-state index in [-0.39, 0.29) is 12.1 Å². The number of nitrogens with one attached hydrogen (secondary N) is 1. The van der Waals surface area contributed by atoms with Crippen molar-refractivity contribution in [2.75, 3.05) is 12.8 Å². The van der Waals surface area contributed by atoms with Crippen molar-refractivity contribution in [2.24, 2.45) is 11.0 Å². The maximum atomic E-state index is 6.10. The van der Waals surface area contributed by atoms with E-state index >= 15 is 0 Å².